The van der Waals surface area contributed by atoms with Gasteiger partial charge in [0.15, 0.2) is 0 Å². The zero-order valence-corrected chi connectivity index (χ0v) is 14.8. The van der Waals surface area contributed by atoms with E-state index in [4.69, 9.17) is 12.2 Å². The third kappa shape index (κ3) is 3.49. The number of hydrogen-bond acceptors (Lipinski definition) is 7. The summed E-state index contributed by atoms with van der Waals surface area (Å²) >= 11 is 5.20. The van der Waals surface area contributed by atoms with Gasteiger partial charge in [0.1, 0.15) is 11.4 Å². The van der Waals surface area contributed by atoms with Crippen LogP contribution >= 0.6 is 12.2 Å². The maximum atomic E-state index is 11.3. The number of nitro benzene ring substituents is 1. The van der Waals surface area contributed by atoms with Crippen LogP contribution < -0.4 is 4.90 Å². The van der Waals surface area contributed by atoms with Crippen molar-refractivity contribution >= 4 is 29.8 Å². The number of nitrogens with one attached hydrogen (secondary N) is 1. The highest BCUT2D eigenvalue weighted by atomic mass is 32.1. The molecular formula is C16H15N7O2S. The molecule has 0 spiro atoms. The zero-order chi connectivity index (χ0) is 18.7. The number of aromatic nitrogens is 4. The molecule has 26 heavy (non-hydrogen) atoms. The molecule has 0 unspecified atom stereocenters. The second-order valence-corrected chi connectivity index (χ2v) is 5.91. The fourth-order valence-corrected chi connectivity index (χ4v) is 2.51. The van der Waals surface area contributed by atoms with Crippen LogP contribution in [0.4, 0.5) is 11.4 Å². The molecule has 0 saturated carbocycles. The molecule has 10 heteroatoms. The van der Waals surface area contributed by atoms with Gasteiger partial charge in [0, 0.05) is 31.9 Å². The van der Waals surface area contributed by atoms with Crippen molar-refractivity contribution in [2.24, 2.45) is 5.10 Å². The van der Waals surface area contributed by atoms with E-state index in [0.29, 0.717) is 27.5 Å². The molecule has 3 aromatic rings. The van der Waals surface area contributed by atoms with Gasteiger partial charge >= 0.3 is 0 Å². The van der Waals surface area contributed by atoms with Crippen LogP contribution in [0.25, 0.3) is 11.5 Å². The summed E-state index contributed by atoms with van der Waals surface area (Å²) in [6.07, 6.45) is 3.13. The standard InChI is InChI=1S/C16H15N7O2S/c1-21(2)13-7-6-11(9-14(13)23(24)25)10-18-22-15(19-20-16(22)26)12-5-3-4-8-17-12/h3-10H,1-2H3,(H,20,26)/b18-10+. The topological polar surface area (TPSA) is 105 Å². The van der Waals surface area contributed by atoms with Crippen molar-refractivity contribution in [3.05, 3.63) is 63.0 Å². The second-order valence-electron chi connectivity index (χ2n) is 5.52. The molecule has 2 heterocycles. The van der Waals surface area contributed by atoms with E-state index in [-0.39, 0.29) is 5.69 Å². The van der Waals surface area contributed by atoms with E-state index in [0.717, 1.165) is 0 Å². The second kappa shape index (κ2) is 7.23. The molecule has 1 aromatic carbocycles. The largest absolute Gasteiger partial charge is 0.372 e. The van der Waals surface area contributed by atoms with Crippen molar-refractivity contribution in [3.63, 3.8) is 0 Å². The molecule has 1 N–H and O–H groups in total. The van der Waals surface area contributed by atoms with Crippen molar-refractivity contribution in [2.45, 2.75) is 0 Å². The molecular weight excluding hydrogens is 354 g/mol. The predicted octanol–water partition coefficient (Wildman–Crippen LogP) is 2.86. The number of nitro groups is 1. The van der Waals surface area contributed by atoms with Gasteiger partial charge in [0.2, 0.25) is 10.6 Å². The van der Waals surface area contributed by atoms with Gasteiger partial charge in [-0.3, -0.25) is 15.1 Å². The predicted molar refractivity (Wildman–Crippen MR) is 101 cm³/mol. The number of benzene rings is 1. The van der Waals surface area contributed by atoms with E-state index in [9.17, 15) is 10.1 Å². The van der Waals surface area contributed by atoms with E-state index in [1.165, 1.54) is 17.0 Å². The van der Waals surface area contributed by atoms with Gasteiger partial charge in [-0.1, -0.05) is 12.1 Å². The Kier molecular flexibility index (Phi) is 4.85. The Labute approximate surface area is 153 Å². The molecule has 0 aliphatic carbocycles. The lowest BCUT2D eigenvalue weighted by atomic mass is 10.2. The average molecular weight is 369 g/mol. The van der Waals surface area contributed by atoms with Crippen LogP contribution in [0.2, 0.25) is 0 Å². The van der Waals surface area contributed by atoms with E-state index < -0.39 is 4.92 Å². The van der Waals surface area contributed by atoms with Crippen molar-refractivity contribution in [3.8, 4) is 11.5 Å². The third-order valence-electron chi connectivity index (χ3n) is 3.54. The molecule has 3 rings (SSSR count). The molecule has 0 amide bonds. The van der Waals surface area contributed by atoms with Gasteiger partial charge in [0.05, 0.1) is 11.1 Å². The smallest absolute Gasteiger partial charge is 0.293 e. The molecule has 2 aromatic heterocycles. The van der Waals surface area contributed by atoms with Gasteiger partial charge < -0.3 is 4.90 Å². The Morgan fingerprint density at radius 1 is 1.35 bits per heavy atom. The van der Waals surface area contributed by atoms with Gasteiger partial charge in [-0.2, -0.15) is 14.9 Å². The Balaban J connectivity index is 1.99. The highest BCUT2D eigenvalue weighted by Gasteiger charge is 2.15. The van der Waals surface area contributed by atoms with Crippen molar-refractivity contribution in [1.82, 2.24) is 19.9 Å². The lowest BCUT2D eigenvalue weighted by Crippen LogP contribution is -2.11. The lowest BCUT2D eigenvalue weighted by Gasteiger charge is -2.12. The highest BCUT2D eigenvalue weighted by Crippen LogP contribution is 2.27. The van der Waals surface area contributed by atoms with Crippen LogP contribution in [-0.4, -0.2) is 45.1 Å². The number of aromatic amines is 1. The zero-order valence-electron chi connectivity index (χ0n) is 14.0. The van der Waals surface area contributed by atoms with Gasteiger partial charge in [0.25, 0.3) is 5.69 Å². The summed E-state index contributed by atoms with van der Waals surface area (Å²) in [5.74, 6) is 0.450. The summed E-state index contributed by atoms with van der Waals surface area (Å²) < 4.78 is 1.71. The number of nitrogens with zero attached hydrogens (tertiary/aromatic N) is 6. The number of anilines is 1. The fourth-order valence-electron chi connectivity index (χ4n) is 2.33. The monoisotopic (exact) mass is 369 g/mol. The number of H-pyrrole nitrogens is 1. The van der Waals surface area contributed by atoms with Crippen LogP contribution in [-0.2, 0) is 0 Å². The van der Waals surface area contributed by atoms with Crippen molar-refractivity contribution in [2.75, 3.05) is 19.0 Å². The van der Waals surface area contributed by atoms with Crippen LogP contribution in [0.3, 0.4) is 0 Å². The minimum Gasteiger partial charge on any atom is -0.372 e. The Bertz CT molecular complexity index is 1020. The number of hydrogen-bond donors (Lipinski definition) is 1. The first-order valence-corrected chi connectivity index (χ1v) is 7.97. The van der Waals surface area contributed by atoms with E-state index in [1.54, 1.807) is 49.5 Å². The van der Waals surface area contributed by atoms with E-state index in [2.05, 4.69) is 20.3 Å². The fraction of sp³-hybridized carbons (Fsp3) is 0.125. The molecule has 0 atom stereocenters. The summed E-state index contributed by atoms with van der Waals surface area (Å²) in [5.41, 5.74) is 1.68. The molecule has 0 aliphatic heterocycles. The normalized spacial score (nSPS) is 11.0. The van der Waals surface area contributed by atoms with Crippen molar-refractivity contribution in [1.29, 1.82) is 0 Å². The first-order valence-electron chi connectivity index (χ1n) is 7.56. The first-order chi connectivity index (χ1) is 12.5. The molecule has 0 fully saturated rings. The summed E-state index contributed by atoms with van der Waals surface area (Å²) in [7, 11) is 3.50. The summed E-state index contributed by atoms with van der Waals surface area (Å²) in [4.78, 5) is 16.8. The maximum absolute atomic E-state index is 11.3. The maximum Gasteiger partial charge on any atom is 0.293 e. The molecule has 132 valence electrons. The highest BCUT2D eigenvalue weighted by molar-refractivity contribution is 7.71. The average Bonchev–Trinajstić information content (AvgIpc) is 3.01. The molecule has 0 aliphatic rings. The first kappa shape index (κ1) is 17.4. The van der Waals surface area contributed by atoms with Gasteiger partial charge in [-0.05, 0) is 30.4 Å². The van der Waals surface area contributed by atoms with Crippen LogP contribution in [0, 0.1) is 14.9 Å². The Morgan fingerprint density at radius 3 is 2.81 bits per heavy atom. The van der Waals surface area contributed by atoms with Gasteiger partial charge in [-0.15, -0.1) is 0 Å². The molecule has 0 saturated heterocycles. The quantitative estimate of drug-likeness (QED) is 0.321. The molecule has 9 nitrogen and oxygen atoms in total. The summed E-state index contributed by atoms with van der Waals surface area (Å²) in [6, 6.07) is 10.3. The molecule has 0 radical (unpaired) electrons. The Hall–Kier alpha value is -3.40. The van der Waals surface area contributed by atoms with Crippen LogP contribution in [0.15, 0.2) is 47.7 Å². The number of pyridine rings is 1. The van der Waals surface area contributed by atoms with Crippen molar-refractivity contribution < 1.29 is 4.92 Å². The minimum absolute atomic E-state index is 0.000287. The summed E-state index contributed by atoms with van der Waals surface area (Å²) in [6.45, 7) is 0. The Morgan fingerprint density at radius 2 is 2.15 bits per heavy atom. The van der Waals surface area contributed by atoms with E-state index in [1.807, 2.05) is 6.07 Å². The van der Waals surface area contributed by atoms with Gasteiger partial charge in [-0.25, -0.2) is 5.10 Å². The summed E-state index contributed by atoms with van der Waals surface area (Å²) in [5, 5.41) is 22.4. The van der Waals surface area contributed by atoms with Crippen LogP contribution in [0.1, 0.15) is 5.56 Å². The molecule has 0 bridgehead atoms. The minimum atomic E-state index is -0.421. The lowest BCUT2D eigenvalue weighted by molar-refractivity contribution is -0.384. The number of rotatable bonds is 5. The van der Waals surface area contributed by atoms with Crippen LogP contribution in [0.5, 0.6) is 0 Å². The SMILES string of the molecule is CN(C)c1ccc(/C=N/n2c(-c3ccccn3)n[nH]c2=S)cc1[N+](=O)[O-]. The van der Waals surface area contributed by atoms with E-state index >= 15 is 0 Å². The third-order valence-corrected chi connectivity index (χ3v) is 3.81.